The molecule has 0 unspecified atom stereocenters. The lowest BCUT2D eigenvalue weighted by atomic mass is 10.0. The molecule has 1 saturated carbocycles. The van der Waals surface area contributed by atoms with Crippen molar-refractivity contribution in [3.05, 3.63) is 84.0 Å². The molecule has 158 valence electrons. The Hall–Kier alpha value is -2.52. The van der Waals surface area contributed by atoms with Gasteiger partial charge in [-0.2, -0.15) is 0 Å². The van der Waals surface area contributed by atoms with Gasteiger partial charge in [0, 0.05) is 0 Å². The summed E-state index contributed by atoms with van der Waals surface area (Å²) in [4.78, 5) is 0. The fraction of sp³-hybridized carbons (Fsp3) is 0.379. The number of aryl methyl sites for hydroxylation is 2. The highest BCUT2D eigenvalue weighted by Crippen LogP contribution is 2.31. The lowest BCUT2D eigenvalue weighted by Gasteiger charge is -2.03. The topological polar surface area (TPSA) is 0 Å². The highest BCUT2D eigenvalue weighted by Gasteiger charge is 2.15. The minimum absolute atomic E-state index is 0.801. The second-order valence-corrected chi connectivity index (χ2v) is 6.64. The lowest BCUT2D eigenvalue weighted by Crippen LogP contribution is -1.81. The summed E-state index contributed by atoms with van der Waals surface area (Å²) in [5.41, 5.74) is 7.82. The number of hydrogen-bond donors (Lipinski definition) is 0. The molecule has 0 saturated heterocycles. The Kier molecular flexibility index (Phi) is 17.4. The van der Waals surface area contributed by atoms with Gasteiger partial charge >= 0.3 is 0 Å². The quantitative estimate of drug-likeness (QED) is 0.448. The molecule has 0 N–H and O–H groups in total. The van der Waals surface area contributed by atoms with E-state index in [0.717, 1.165) is 12.3 Å². The molecule has 0 aliphatic heterocycles. The van der Waals surface area contributed by atoms with Crippen molar-refractivity contribution in [2.45, 2.75) is 67.7 Å². The van der Waals surface area contributed by atoms with Crippen molar-refractivity contribution in [1.29, 1.82) is 0 Å². The van der Waals surface area contributed by atoms with Gasteiger partial charge in [0.15, 0.2) is 0 Å². The average molecular weight is 391 g/mol. The monoisotopic (exact) mass is 390 g/mol. The van der Waals surface area contributed by atoms with Crippen LogP contribution < -0.4 is 0 Å². The number of benzene rings is 2. The molecule has 0 spiro atoms. The van der Waals surface area contributed by atoms with E-state index in [4.69, 9.17) is 0 Å². The number of terminal acetylenes is 1. The first-order valence-electron chi connectivity index (χ1n) is 10.8. The number of rotatable bonds is 2. The molecule has 0 amide bonds. The molecular formula is C29H42. The molecule has 2 aromatic rings. The molecule has 29 heavy (non-hydrogen) atoms. The van der Waals surface area contributed by atoms with Gasteiger partial charge in [-0.05, 0) is 48.8 Å². The minimum atomic E-state index is 0.801. The predicted molar refractivity (Wildman–Crippen MR) is 135 cm³/mol. The zero-order valence-corrected chi connectivity index (χ0v) is 19.9. The first kappa shape index (κ1) is 28.7. The SMILES string of the molecule is C#C.C=C1CC(C)CC1=C.CC.CC.CCc1ccc(-c2ccc(C)cc2)cc1. The largest absolute Gasteiger partial charge is 0.124 e. The van der Waals surface area contributed by atoms with Gasteiger partial charge in [-0.1, -0.05) is 120 Å². The summed E-state index contributed by atoms with van der Waals surface area (Å²) in [6, 6.07) is 17.5. The molecule has 3 rings (SSSR count). The van der Waals surface area contributed by atoms with Crippen LogP contribution in [0.4, 0.5) is 0 Å². The fourth-order valence-electron chi connectivity index (χ4n) is 2.88. The molecule has 1 aliphatic carbocycles. The summed E-state index contributed by atoms with van der Waals surface area (Å²) in [6.07, 6.45) is 11.4. The van der Waals surface area contributed by atoms with E-state index >= 15 is 0 Å². The summed E-state index contributed by atoms with van der Waals surface area (Å²) in [7, 11) is 0. The van der Waals surface area contributed by atoms with Crippen LogP contribution in [-0.4, -0.2) is 0 Å². The maximum absolute atomic E-state index is 4.00. The zero-order chi connectivity index (χ0) is 22.8. The van der Waals surface area contributed by atoms with Gasteiger partial charge in [0.25, 0.3) is 0 Å². The molecule has 1 aliphatic rings. The van der Waals surface area contributed by atoms with E-state index in [1.807, 2.05) is 27.7 Å². The van der Waals surface area contributed by atoms with Crippen LogP contribution in [0.15, 0.2) is 72.8 Å². The van der Waals surface area contributed by atoms with Crippen molar-refractivity contribution in [3.8, 4) is 24.0 Å². The van der Waals surface area contributed by atoms with Crippen molar-refractivity contribution in [2.24, 2.45) is 5.92 Å². The van der Waals surface area contributed by atoms with Gasteiger partial charge in [-0.15, -0.1) is 12.8 Å². The summed E-state index contributed by atoms with van der Waals surface area (Å²) < 4.78 is 0. The van der Waals surface area contributed by atoms with E-state index in [2.05, 4.69) is 95.3 Å². The van der Waals surface area contributed by atoms with Crippen molar-refractivity contribution >= 4 is 0 Å². The summed E-state index contributed by atoms with van der Waals surface area (Å²) in [5, 5.41) is 0. The Morgan fingerprint density at radius 1 is 0.759 bits per heavy atom. The van der Waals surface area contributed by atoms with Gasteiger partial charge in [0.1, 0.15) is 0 Å². The second-order valence-electron chi connectivity index (χ2n) is 6.64. The third kappa shape index (κ3) is 11.2. The molecule has 0 radical (unpaired) electrons. The molecule has 0 bridgehead atoms. The van der Waals surface area contributed by atoms with Gasteiger partial charge in [0.2, 0.25) is 0 Å². The Morgan fingerprint density at radius 3 is 1.38 bits per heavy atom. The maximum Gasteiger partial charge on any atom is -0.0184 e. The lowest BCUT2D eigenvalue weighted by molar-refractivity contribution is 0.641. The Morgan fingerprint density at radius 2 is 1.10 bits per heavy atom. The highest BCUT2D eigenvalue weighted by molar-refractivity contribution is 5.63. The number of hydrogen-bond acceptors (Lipinski definition) is 0. The van der Waals surface area contributed by atoms with Crippen molar-refractivity contribution < 1.29 is 0 Å². The molecule has 1 fully saturated rings. The number of allylic oxidation sites excluding steroid dienone is 2. The Balaban J connectivity index is 0. The van der Waals surface area contributed by atoms with E-state index in [-0.39, 0.29) is 0 Å². The van der Waals surface area contributed by atoms with E-state index in [0.29, 0.717) is 0 Å². The van der Waals surface area contributed by atoms with Crippen LogP contribution in [0.25, 0.3) is 11.1 Å². The predicted octanol–water partition coefficient (Wildman–Crippen LogP) is 9.05. The smallest absolute Gasteiger partial charge is 0.0184 e. The average Bonchev–Trinajstić information content (AvgIpc) is 3.08. The molecule has 2 aromatic carbocycles. The summed E-state index contributed by atoms with van der Waals surface area (Å²) in [6.45, 7) is 22.3. The normalized spacial score (nSPS) is 12.0. The molecular weight excluding hydrogens is 348 g/mol. The third-order valence-corrected chi connectivity index (χ3v) is 4.44. The third-order valence-electron chi connectivity index (χ3n) is 4.44. The second kappa shape index (κ2) is 17.6. The van der Waals surface area contributed by atoms with Gasteiger partial charge in [-0.3, -0.25) is 0 Å². The van der Waals surface area contributed by atoms with Crippen LogP contribution in [0.1, 0.15) is 65.5 Å². The molecule has 0 aromatic heterocycles. The maximum atomic E-state index is 4.00. The summed E-state index contributed by atoms with van der Waals surface area (Å²) in [5.74, 6) is 0.801. The standard InChI is InChI=1S/C15H16.C8H12.2C2H6.C2H2/c1-3-13-6-10-15(11-7-13)14-8-4-12(2)5-9-14;1-6-4-7(2)8(3)5-6;3*1-2/h4-11H,3H2,1-2H3;6H,2-5H2,1H3;2*1-2H3;1-2H. The first-order valence-corrected chi connectivity index (χ1v) is 10.8. The van der Waals surface area contributed by atoms with Crippen LogP contribution in [-0.2, 0) is 6.42 Å². The van der Waals surface area contributed by atoms with Crippen LogP contribution in [0, 0.1) is 25.7 Å². The Bertz CT molecular complexity index is 680. The minimum Gasteiger partial charge on any atom is -0.124 e. The van der Waals surface area contributed by atoms with Crippen LogP contribution in [0.5, 0.6) is 0 Å². The van der Waals surface area contributed by atoms with Crippen LogP contribution in [0.3, 0.4) is 0 Å². The van der Waals surface area contributed by atoms with Crippen molar-refractivity contribution in [3.63, 3.8) is 0 Å². The molecule has 0 atom stereocenters. The van der Waals surface area contributed by atoms with Gasteiger partial charge in [-0.25, -0.2) is 0 Å². The Labute approximate surface area is 181 Å². The summed E-state index contributed by atoms with van der Waals surface area (Å²) >= 11 is 0. The highest BCUT2D eigenvalue weighted by atomic mass is 14.2. The van der Waals surface area contributed by atoms with Crippen LogP contribution in [0.2, 0.25) is 0 Å². The molecule has 0 heteroatoms. The van der Waals surface area contributed by atoms with E-state index < -0.39 is 0 Å². The molecule has 0 heterocycles. The van der Waals surface area contributed by atoms with Crippen molar-refractivity contribution in [1.82, 2.24) is 0 Å². The first-order chi connectivity index (χ1) is 14.0. The van der Waals surface area contributed by atoms with Crippen molar-refractivity contribution in [2.75, 3.05) is 0 Å². The van der Waals surface area contributed by atoms with E-state index in [1.165, 1.54) is 46.2 Å². The fourth-order valence-corrected chi connectivity index (χ4v) is 2.88. The molecule has 0 nitrogen and oxygen atoms in total. The van der Waals surface area contributed by atoms with Gasteiger partial charge in [0.05, 0.1) is 0 Å². The van der Waals surface area contributed by atoms with E-state index in [1.54, 1.807) is 0 Å². The van der Waals surface area contributed by atoms with Gasteiger partial charge < -0.3 is 0 Å². The van der Waals surface area contributed by atoms with E-state index in [9.17, 15) is 0 Å². The van der Waals surface area contributed by atoms with Crippen LogP contribution >= 0.6 is 0 Å². The zero-order valence-electron chi connectivity index (χ0n) is 19.9.